The van der Waals surface area contributed by atoms with Gasteiger partial charge in [0.25, 0.3) is 5.91 Å². The van der Waals surface area contributed by atoms with Crippen molar-refractivity contribution < 1.29 is 4.79 Å². The molecule has 2 rings (SSSR count). The highest BCUT2D eigenvalue weighted by Gasteiger charge is 2.08. The summed E-state index contributed by atoms with van der Waals surface area (Å²) in [5, 5.41) is 3.18. The highest BCUT2D eigenvalue weighted by atomic mass is 79.9. The van der Waals surface area contributed by atoms with E-state index >= 15 is 0 Å². The van der Waals surface area contributed by atoms with Gasteiger partial charge in [0.1, 0.15) is 0 Å². The fourth-order valence-corrected chi connectivity index (χ4v) is 2.97. The largest absolute Gasteiger partial charge is 0.399 e. The van der Waals surface area contributed by atoms with Gasteiger partial charge in [0.2, 0.25) is 0 Å². The van der Waals surface area contributed by atoms with Crippen LogP contribution in [0.2, 0.25) is 0 Å². The molecule has 0 saturated heterocycles. The molecule has 1 aromatic carbocycles. The molecular weight excluding hydrogens is 314 g/mol. The van der Waals surface area contributed by atoms with Gasteiger partial charge in [0.15, 0.2) is 0 Å². The second-order valence-corrected chi connectivity index (χ2v) is 6.28. The van der Waals surface area contributed by atoms with E-state index in [-0.39, 0.29) is 0 Å². The summed E-state index contributed by atoms with van der Waals surface area (Å²) in [7, 11) is 0. The average molecular weight is 326 g/mol. The van der Waals surface area contributed by atoms with Gasteiger partial charge in [-0.1, -0.05) is 0 Å². The average Bonchev–Trinajstić information content (AvgIpc) is 2.73. The van der Waals surface area contributed by atoms with Crippen molar-refractivity contribution >= 4 is 44.5 Å². The van der Waals surface area contributed by atoms with E-state index in [4.69, 9.17) is 11.5 Å². The topological polar surface area (TPSA) is 81.1 Å². The van der Waals surface area contributed by atoms with Crippen LogP contribution in [0.4, 0.5) is 11.4 Å². The van der Waals surface area contributed by atoms with Crippen LogP contribution in [0.1, 0.15) is 15.2 Å². The standard InChI is InChI=1S/C12H12BrN3OS/c13-11-4-2-8(18-11)6-16-10-3-1-7(14)5-9(10)12(15)17/h1-5,16H,6,14H2,(H2,15,17). The summed E-state index contributed by atoms with van der Waals surface area (Å²) in [5.41, 5.74) is 12.6. The number of amides is 1. The van der Waals surface area contributed by atoms with Gasteiger partial charge in [-0.15, -0.1) is 11.3 Å². The highest BCUT2D eigenvalue weighted by molar-refractivity contribution is 9.11. The zero-order valence-electron chi connectivity index (χ0n) is 9.44. The van der Waals surface area contributed by atoms with Gasteiger partial charge in [-0.3, -0.25) is 4.79 Å². The number of benzene rings is 1. The van der Waals surface area contributed by atoms with Crippen LogP contribution in [-0.4, -0.2) is 5.91 Å². The molecular formula is C12H12BrN3OS. The molecule has 0 unspecified atom stereocenters. The first-order chi connectivity index (χ1) is 8.56. The third-order valence-electron chi connectivity index (χ3n) is 2.39. The summed E-state index contributed by atoms with van der Waals surface area (Å²) < 4.78 is 1.08. The molecule has 2 aromatic rings. The van der Waals surface area contributed by atoms with Crippen LogP contribution < -0.4 is 16.8 Å². The van der Waals surface area contributed by atoms with E-state index in [0.717, 1.165) is 8.66 Å². The van der Waals surface area contributed by atoms with Crippen molar-refractivity contribution in [3.05, 3.63) is 44.6 Å². The van der Waals surface area contributed by atoms with Crippen LogP contribution in [0.3, 0.4) is 0 Å². The first-order valence-electron chi connectivity index (χ1n) is 5.23. The SMILES string of the molecule is NC(=O)c1cc(N)ccc1NCc1ccc(Br)s1. The molecule has 1 amide bonds. The van der Waals surface area contributed by atoms with Crippen LogP contribution in [0, 0.1) is 0 Å². The van der Waals surface area contributed by atoms with Crippen LogP contribution in [0.25, 0.3) is 0 Å². The van der Waals surface area contributed by atoms with Crippen LogP contribution >= 0.6 is 27.3 Å². The Morgan fingerprint density at radius 3 is 2.72 bits per heavy atom. The van der Waals surface area contributed by atoms with Crippen LogP contribution in [0.15, 0.2) is 34.1 Å². The molecule has 0 saturated carbocycles. The Labute approximate surface area is 117 Å². The summed E-state index contributed by atoms with van der Waals surface area (Å²) in [5.74, 6) is -0.489. The Bertz CT molecular complexity index is 582. The lowest BCUT2D eigenvalue weighted by Crippen LogP contribution is -2.14. The van der Waals surface area contributed by atoms with Gasteiger partial charge in [0.05, 0.1) is 9.35 Å². The summed E-state index contributed by atoms with van der Waals surface area (Å²) in [4.78, 5) is 12.5. The maximum atomic E-state index is 11.3. The minimum Gasteiger partial charge on any atom is -0.399 e. The van der Waals surface area contributed by atoms with E-state index in [0.29, 0.717) is 23.5 Å². The molecule has 0 radical (unpaired) electrons. The van der Waals surface area contributed by atoms with Crippen molar-refractivity contribution in [3.8, 4) is 0 Å². The maximum Gasteiger partial charge on any atom is 0.250 e. The molecule has 0 aliphatic rings. The van der Waals surface area contributed by atoms with Gasteiger partial charge >= 0.3 is 0 Å². The number of nitrogens with two attached hydrogens (primary N) is 2. The van der Waals surface area contributed by atoms with E-state index in [1.165, 1.54) is 0 Å². The van der Waals surface area contributed by atoms with E-state index < -0.39 is 5.91 Å². The second-order valence-electron chi connectivity index (χ2n) is 3.73. The second kappa shape index (κ2) is 5.41. The van der Waals surface area contributed by atoms with Gasteiger partial charge in [-0.2, -0.15) is 0 Å². The maximum absolute atomic E-state index is 11.3. The number of hydrogen-bond acceptors (Lipinski definition) is 4. The molecule has 0 bridgehead atoms. The molecule has 0 fully saturated rings. The van der Waals surface area contributed by atoms with Crippen molar-refractivity contribution in [2.75, 3.05) is 11.1 Å². The molecule has 5 N–H and O–H groups in total. The first kappa shape index (κ1) is 12.9. The summed E-state index contributed by atoms with van der Waals surface area (Å²) >= 11 is 5.04. The Morgan fingerprint density at radius 1 is 1.33 bits per heavy atom. The number of carbonyl (C=O) groups is 1. The normalized spacial score (nSPS) is 10.3. The van der Waals surface area contributed by atoms with Crippen LogP contribution in [-0.2, 0) is 6.54 Å². The Morgan fingerprint density at radius 2 is 2.11 bits per heavy atom. The number of nitrogen functional groups attached to an aromatic ring is 1. The molecule has 6 heteroatoms. The fourth-order valence-electron chi connectivity index (χ4n) is 1.55. The zero-order valence-corrected chi connectivity index (χ0v) is 11.8. The van der Waals surface area contributed by atoms with E-state index in [1.54, 1.807) is 29.5 Å². The monoisotopic (exact) mass is 325 g/mol. The van der Waals surface area contributed by atoms with E-state index in [9.17, 15) is 4.79 Å². The zero-order chi connectivity index (χ0) is 13.1. The molecule has 1 heterocycles. The molecule has 0 aliphatic carbocycles. The van der Waals surface area contributed by atoms with E-state index in [2.05, 4.69) is 21.2 Å². The predicted octanol–water partition coefficient (Wildman–Crippen LogP) is 2.80. The number of hydrogen-bond donors (Lipinski definition) is 3. The van der Waals surface area contributed by atoms with Gasteiger partial charge < -0.3 is 16.8 Å². The van der Waals surface area contributed by atoms with Gasteiger partial charge in [0, 0.05) is 22.8 Å². The number of nitrogens with one attached hydrogen (secondary N) is 1. The van der Waals surface area contributed by atoms with Crippen molar-refractivity contribution in [1.29, 1.82) is 0 Å². The molecule has 4 nitrogen and oxygen atoms in total. The van der Waals surface area contributed by atoms with Crippen molar-refractivity contribution in [1.82, 2.24) is 0 Å². The van der Waals surface area contributed by atoms with Crippen molar-refractivity contribution in [2.45, 2.75) is 6.54 Å². The van der Waals surface area contributed by atoms with E-state index in [1.807, 2.05) is 12.1 Å². The molecule has 94 valence electrons. The Balaban J connectivity index is 2.16. The fraction of sp³-hybridized carbons (Fsp3) is 0.0833. The third-order valence-corrected chi connectivity index (χ3v) is 4.01. The smallest absolute Gasteiger partial charge is 0.250 e. The molecule has 0 atom stereocenters. The lowest BCUT2D eigenvalue weighted by Gasteiger charge is -2.09. The number of thiophene rings is 1. The first-order valence-corrected chi connectivity index (χ1v) is 6.84. The molecule has 0 aliphatic heterocycles. The molecule has 18 heavy (non-hydrogen) atoms. The number of halogens is 1. The number of anilines is 2. The highest BCUT2D eigenvalue weighted by Crippen LogP contribution is 2.24. The Kier molecular flexibility index (Phi) is 3.88. The number of carbonyl (C=O) groups excluding carboxylic acids is 1. The number of primary amides is 1. The molecule has 1 aromatic heterocycles. The summed E-state index contributed by atoms with van der Waals surface area (Å²) in [6.07, 6.45) is 0. The lowest BCUT2D eigenvalue weighted by atomic mass is 10.1. The predicted molar refractivity (Wildman–Crippen MR) is 78.7 cm³/mol. The van der Waals surface area contributed by atoms with Gasteiger partial charge in [-0.25, -0.2) is 0 Å². The minimum absolute atomic E-state index is 0.408. The third kappa shape index (κ3) is 3.02. The van der Waals surface area contributed by atoms with Crippen molar-refractivity contribution in [3.63, 3.8) is 0 Å². The number of rotatable bonds is 4. The lowest BCUT2D eigenvalue weighted by molar-refractivity contribution is 0.100. The van der Waals surface area contributed by atoms with Gasteiger partial charge in [-0.05, 0) is 46.3 Å². The van der Waals surface area contributed by atoms with Crippen molar-refractivity contribution in [2.24, 2.45) is 5.73 Å². The minimum atomic E-state index is -0.489. The molecule has 0 spiro atoms. The quantitative estimate of drug-likeness (QED) is 0.756. The van der Waals surface area contributed by atoms with Crippen LogP contribution in [0.5, 0.6) is 0 Å². The summed E-state index contributed by atoms with van der Waals surface area (Å²) in [6.45, 7) is 0.639. The Hall–Kier alpha value is -1.53. The summed E-state index contributed by atoms with van der Waals surface area (Å²) in [6, 6.07) is 9.08.